The first-order chi connectivity index (χ1) is 6.91. The number of carbonyl (C=O) groups is 1. The van der Waals surface area contributed by atoms with Crippen LogP contribution in [0.25, 0.3) is 0 Å². The maximum Gasteiger partial charge on any atom is 0.421 e. The van der Waals surface area contributed by atoms with E-state index in [1.54, 1.807) is 4.72 Å². The van der Waals surface area contributed by atoms with Crippen molar-refractivity contribution < 1.29 is 23.2 Å². The Balaban J connectivity index is 4.01. The number of amidine groups is 1. The van der Waals surface area contributed by atoms with Crippen LogP contribution >= 0.6 is 0 Å². The maximum atomic E-state index is 11.0. The highest BCUT2D eigenvalue weighted by Gasteiger charge is 2.13. The van der Waals surface area contributed by atoms with Crippen molar-refractivity contribution in [2.24, 2.45) is 10.9 Å². The van der Waals surface area contributed by atoms with Crippen molar-refractivity contribution in [2.45, 2.75) is 6.42 Å². The Morgan fingerprint density at radius 3 is 2.67 bits per heavy atom. The number of nitrogens with zero attached hydrogens (tertiary/aromatic N) is 1. The van der Waals surface area contributed by atoms with Gasteiger partial charge in [-0.1, -0.05) is 5.16 Å². The summed E-state index contributed by atoms with van der Waals surface area (Å²) >= 11 is 0. The number of carbonyl (C=O) groups excluding carboxylic acids is 1. The first kappa shape index (κ1) is 13.4. The third-order valence-electron chi connectivity index (χ3n) is 1.20. The Morgan fingerprint density at radius 1 is 1.60 bits per heavy atom. The second-order valence-electron chi connectivity index (χ2n) is 2.33. The molecule has 0 bridgehead atoms. The van der Waals surface area contributed by atoms with Crippen molar-refractivity contribution in [3.63, 3.8) is 0 Å². The summed E-state index contributed by atoms with van der Waals surface area (Å²) in [6, 6.07) is 0. The van der Waals surface area contributed by atoms with E-state index in [0.717, 1.165) is 7.11 Å². The van der Waals surface area contributed by atoms with Gasteiger partial charge in [0.15, 0.2) is 0 Å². The van der Waals surface area contributed by atoms with E-state index in [2.05, 4.69) is 9.89 Å². The molecule has 0 heterocycles. The van der Waals surface area contributed by atoms with Crippen LogP contribution in [0.2, 0.25) is 0 Å². The number of ether oxygens (including phenoxy) is 1. The fourth-order valence-electron chi connectivity index (χ4n) is 0.551. The molecule has 0 radical (unpaired) electrons. The molecule has 1 amide bonds. The smallest absolute Gasteiger partial charge is 0.421 e. The van der Waals surface area contributed by atoms with Gasteiger partial charge in [0.25, 0.3) is 0 Å². The summed E-state index contributed by atoms with van der Waals surface area (Å²) in [5.74, 6) is -0.129. The number of nitrogens with one attached hydrogen (secondary N) is 2. The molecule has 0 aliphatic heterocycles. The molecule has 0 unspecified atom stereocenters. The van der Waals surface area contributed by atoms with Crippen molar-refractivity contribution in [3.8, 4) is 0 Å². The van der Waals surface area contributed by atoms with Gasteiger partial charge in [0.05, 0.1) is 7.11 Å². The van der Waals surface area contributed by atoms with E-state index in [9.17, 15) is 13.2 Å². The number of nitrogens with two attached hydrogens (primary N) is 1. The number of methoxy groups -OCH3 is 1. The van der Waals surface area contributed by atoms with E-state index in [1.165, 1.54) is 0 Å². The largest absolute Gasteiger partial charge is 0.452 e. The Labute approximate surface area is 86.5 Å². The lowest BCUT2D eigenvalue weighted by Gasteiger charge is -2.06. The quantitative estimate of drug-likeness (QED) is 0.195. The van der Waals surface area contributed by atoms with Crippen molar-refractivity contribution in [3.05, 3.63) is 0 Å². The lowest BCUT2D eigenvalue weighted by molar-refractivity contribution is 0.177. The number of hydrogen-bond acceptors (Lipinski definition) is 6. The molecule has 0 aliphatic rings. The number of amides is 1. The normalized spacial score (nSPS) is 12.2. The van der Waals surface area contributed by atoms with Gasteiger partial charge >= 0.3 is 16.3 Å². The molecule has 0 atom stereocenters. The summed E-state index contributed by atoms with van der Waals surface area (Å²) in [7, 11) is -2.93. The van der Waals surface area contributed by atoms with Crippen LogP contribution in [-0.2, 0) is 14.9 Å². The fourth-order valence-corrected chi connectivity index (χ4v) is 1.30. The molecule has 9 nitrogen and oxygen atoms in total. The molecule has 0 aliphatic carbocycles. The Hall–Kier alpha value is -1.55. The highest BCUT2D eigenvalue weighted by Crippen LogP contribution is 1.82. The van der Waals surface area contributed by atoms with Crippen molar-refractivity contribution >= 4 is 22.1 Å². The second kappa shape index (κ2) is 6.03. The molecular weight excluding hydrogens is 228 g/mol. The number of oxime groups is 1. The van der Waals surface area contributed by atoms with Gasteiger partial charge in [0, 0.05) is 13.0 Å². The van der Waals surface area contributed by atoms with E-state index in [4.69, 9.17) is 10.9 Å². The molecule has 10 heteroatoms. The van der Waals surface area contributed by atoms with E-state index in [1.807, 2.05) is 4.72 Å². The summed E-state index contributed by atoms with van der Waals surface area (Å²) in [6.07, 6.45) is -1.09. The van der Waals surface area contributed by atoms with Gasteiger partial charge in [-0.25, -0.2) is 9.52 Å². The predicted octanol–water partition coefficient (Wildman–Crippen LogP) is -1.69. The van der Waals surface area contributed by atoms with Crippen LogP contribution < -0.4 is 15.2 Å². The van der Waals surface area contributed by atoms with Gasteiger partial charge in [-0.05, 0) is 0 Å². The third kappa shape index (κ3) is 6.51. The van der Waals surface area contributed by atoms with Gasteiger partial charge in [-0.15, -0.1) is 0 Å². The number of rotatable bonds is 5. The maximum absolute atomic E-state index is 11.0. The highest BCUT2D eigenvalue weighted by molar-refractivity contribution is 7.88. The van der Waals surface area contributed by atoms with Crippen molar-refractivity contribution in [1.82, 2.24) is 9.44 Å². The van der Waals surface area contributed by atoms with Gasteiger partial charge in [-0.2, -0.15) is 13.1 Å². The summed E-state index contributed by atoms with van der Waals surface area (Å²) in [5.41, 5.74) is 5.08. The molecule has 0 aromatic rings. The van der Waals surface area contributed by atoms with Gasteiger partial charge in [0.2, 0.25) is 0 Å². The van der Waals surface area contributed by atoms with Crippen LogP contribution in [0.3, 0.4) is 0 Å². The standard InChI is InChI=1S/C5H12N4O5S/c1-14-5(10)9-15(12,13)7-3-2-4(6)8-11/h7,11H,2-3H2,1H3,(H2,6,8)(H,9,10). The molecule has 88 valence electrons. The van der Waals surface area contributed by atoms with Crippen molar-refractivity contribution in [2.75, 3.05) is 13.7 Å². The summed E-state index contributed by atoms with van der Waals surface area (Å²) < 4.78 is 29.6. The lowest BCUT2D eigenvalue weighted by Crippen LogP contribution is -2.41. The lowest BCUT2D eigenvalue weighted by atomic mass is 10.4. The zero-order valence-corrected chi connectivity index (χ0v) is 8.74. The third-order valence-corrected chi connectivity index (χ3v) is 2.22. The zero-order valence-electron chi connectivity index (χ0n) is 7.93. The molecule has 0 fully saturated rings. The molecule has 0 spiro atoms. The van der Waals surface area contributed by atoms with Gasteiger partial charge in [0.1, 0.15) is 5.84 Å². The Morgan fingerprint density at radius 2 is 2.20 bits per heavy atom. The van der Waals surface area contributed by atoms with E-state index in [0.29, 0.717) is 0 Å². The minimum absolute atomic E-state index is 0.0125. The van der Waals surface area contributed by atoms with E-state index >= 15 is 0 Å². The monoisotopic (exact) mass is 240 g/mol. The topological polar surface area (TPSA) is 143 Å². The minimum Gasteiger partial charge on any atom is -0.452 e. The minimum atomic E-state index is -3.96. The highest BCUT2D eigenvalue weighted by atomic mass is 32.2. The van der Waals surface area contributed by atoms with Crippen LogP contribution in [-0.4, -0.2) is 39.2 Å². The fraction of sp³-hybridized carbons (Fsp3) is 0.600. The average Bonchev–Trinajstić information content (AvgIpc) is 2.16. The van der Waals surface area contributed by atoms with Crippen LogP contribution in [0, 0.1) is 0 Å². The van der Waals surface area contributed by atoms with Crippen LogP contribution in [0.1, 0.15) is 6.42 Å². The molecule has 0 saturated carbocycles. The van der Waals surface area contributed by atoms with Gasteiger partial charge in [-0.3, -0.25) is 0 Å². The second-order valence-corrected chi connectivity index (χ2v) is 3.83. The summed E-state index contributed by atoms with van der Waals surface area (Å²) in [5, 5.41) is 10.8. The Bertz CT molecular complexity index is 337. The summed E-state index contributed by atoms with van der Waals surface area (Å²) in [6.45, 7) is -0.109. The molecule has 15 heavy (non-hydrogen) atoms. The van der Waals surface area contributed by atoms with Crippen LogP contribution in [0.15, 0.2) is 5.16 Å². The van der Waals surface area contributed by atoms with E-state index in [-0.39, 0.29) is 18.8 Å². The SMILES string of the molecule is COC(=O)NS(=O)(=O)NCCC(N)=NO. The number of hydrogen-bond donors (Lipinski definition) is 4. The average molecular weight is 240 g/mol. The van der Waals surface area contributed by atoms with E-state index < -0.39 is 16.3 Å². The molecule has 0 saturated heterocycles. The molecule has 0 rings (SSSR count). The molecular formula is C5H12N4O5S. The van der Waals surface area contributed by atoms with Crippen molar-refractivity contribution in [1.29, 1.82) is 0 Å². The zero-order chi connectivity index (χ0) is 11.9. The molecule has 5 N–H and O–H groups in total. The van der Waals surface area contributed by atoms with Crippen LogP contribution in [0.5, 0.6) is 0 Å². The van der Waals surface area contributed by atoms with Gasteiger partial charge < -0.3 is 15.7 Å². The predicted molar refractivity (Wildman–Crippen MR) is 50.5 cm³/mol. The van der Waals surface area contributed by atoms with Crippen LogP contribution in [0.4, 0.5) is 4.79 Å². The summed E-state index contributed by atoms with van der Waals surface area (Å²) in [4.78, 5) is 10.5. The molecule has 0 aromatic carbocycles. The first-order valence-corrected chi connectivity index (χ1v) is 5.21. The Kier molecular flexibility index (Phi) is 5.41. The first-order valence-electron chi connectivity index (χ1n) is 3.73. The molecule has 0 aromatic heterocycles.